The number of para-hydroxylation sites is 2. The lowest BCUT2D eigenvalue weighted by molar-refractivity contribution is -0.123. The molecule has 2 atom stereocenters. The van der Waals surface area contributed by atoms with Crippen molar-refractivity contribution in [3.05, 3.63) is 66.1 Å². The fraction of sp³-hybridized carbons (Fsp3) is 0.167. The molecule has 3 rings (SSSR count). The first-order valence-electron chi connectivity index (χ1n) is 7.35. The van der Waals surface area contributed by atoms with Gasteiger partial charge in [-0.15, -0.1) is 25.3 Å². The zero-order valence-electron chi connectivity index (χ0n) is 12.8. The molecule has 0 saturated carbocycles. The molecule has 0 aliphatic carbocycles. The second kappa shape index (κ2) is 6.45. The lowest BCUT2D eigenvalue weighted by atomic mass is 9.72. The molecule has 3 aromatic rings. The van der Waals surface area contributed by atoms with Crippen molar-refractivity contribution in [2.45, 2.75) is 12.3 Å². The molecule has 2 unspecified atom stereocenters. The van der Waals surface area contributed by atoms with Crippen LogP contribution in [0.1, 0.15) is 18.4 Å². The highest BCUT2D eigenvalue weighted by molar-refractivity contribution is 7.97. The van der Waals surface area contributed by atoms with Gasteiger partial charge in [-0.05, 0) is 17.7 Å². The van der Waals surface area contributed by atoms with E-state index >= 15 is 0 Å². The van der Waals surface area contributed by atoms with Crippen molar-refractivity contribution < 1.29 is 14.0 Å². The Morgan fingerprint density at radius 1 is 1.04 bits per heavy atom. The van der Waals surface area contributed by atoms with E-state index in [1.54, 1.807) is 43.3 Å². The van der Waals surface area contributed by atoms with E-state index in [2.05, 4.69) is 30.2 Å². The average Bonchev–Trinajstić information content (AvgIpc) is 3.00. The predicted octanol–water partition coefficient (Wildman–Crippen LogP) is 3.66. The molecule has 0 aliphatic rings. The van der Waals surface area contributed by atoms with Gasteiger partial charge in [-0.1, -0.05) is 49.4 Å². The Hall–Kier alpha value is -2.05. The van der Waals surface area contributed by atoms with Crippen LogP contribution >= 0.6 is 25.3 Å². The van der Waals surface area contributed by atoms with Crippen molar-refractivity contribution in [1.29, 1.82) is 0 Å². The number of benzene rings is 2. The second-order valence-corrected chi connectivity index (χ2v) is 6.37. The molecule has 0 spiro atoms. The summed E-state index contributed by atoms with van der Waals surface area (Å²) in [6, 6.07) is 16.1. The smallest absolute Gasteiger partial charge is 0.215 e. The molecular weight excluding hydrogens is 342 g/mol. The number of hydrogen-bond acceptors (Lipinski definition) is 4. The largest absolute Gasteiger partial charge is 0.439 e. The van der Waals surface area contributed by atoms with E-state index < -0.39 is 21.6 Å². The molecule has 6 heteroatoms. The van der Waals surface area contributed by atoms with Gasteiger partial charge in [0.05, 0.1) is 5.92 Å². The van der Waals surface area contributed by atoms with Crippen molar-refractivity contribution in [1.82, 2.24) is 4.98 Å². The van der Waals surface area contributed by atoms with Crippen LogP contribution in [-0.4, -0.2) is 15.2 Å². The molecule has 4 nitrogen and oxygen atoms in total. The van der Waals surface area contributed by atoms with Gasteiger partial charge in [0, 0.05) is 0 Å². The van der Waals surface area contributed by atoms with E-state index in [4.69, 9.17) is 4.42 Å². The maximum Gasteiger partial charge on any atom is 0.215 e. The average molecular weight is 357 g/mol. The van der Waals surface area contributed by atoms with Gasteiger partial charge in [0.1, 0.15) is 5.52 Å². The first-order valence-corrected chi connectivity index (χ1v) is 8.25. The number of oxazole rings is 1. The standard InChI is InChI=1S/C18H15NO3S2/c1-11(15(20)23)18(17(21)24,12-7-3-2-4-8-12)16-19-13-9-5-6-10-14(13)22-16/h2-11H,1H3,(H,20,23)(H,21,24). The van der Waals surface area contributed by atoms with Crippen LogP contribution in [0, 0.1) is 5.92 Å². The highest BCUT2D eigenvalue weighted by atomic mass is 32.1. The van der Waals surface area contributed by atoms with Gasteiger partial charge in [-0.25, -0.2) is 4.98 Å². The van der Waals surface area contributed by atoms with Gasteiger partial charge in [-0.2, -0.15) is 0 Å². The Labute approximate surface area is 150 Å². The quantitative estimate of drug-likeness (QED) is 0.684. The van der Waals surface area contributed by atoms with Crippen LogP contribution in [0.5, 0.6) is 0 Å². The number of fused-ring (bicyclic) bond motifs is 1. The number of nitrogens with zero attached hydrogens (tertiary/aromatic N) is 1. The van der Waals surface area contributed by atoms with Crippen LogP contribution in [0.25, 0.3) is 11.1 Å². The second-order valence-electron chi connectivity index (χ2n) is 5.53. The summed E-state index contributed by atoms with van der Waals surface area (Å²) in [5, 5.41) is -0.960. The molecule has 0 saturated heterocycles. The molecule has 0 aliphatic heterocycles. The first kappa shape index (κ1) is 16.8. The van der Waals surface area contributed by atoms with Gasteiger partial charge < -0.3 is 4.42 Å². The summed E-state index contributed by atoms with van der Waals surface area (Å²) in [5.74, 6) is -0.661. The number of carbonyl (C=O) groups is 2. The van der Waals surface area contributed by atoms with Gasteiger partial charge >= 0.3 is 0 Å². The highest BCUT2D eigenvalue weighted by Crippen LogP contribution is 2.42. The Balaban J connectivity index is 2.36. The third kappa shape index (κ3) is 2.56. The number of carbonyl (C=O) groups excluding carboxylic acids is 2. The molecule has 0 N–H and O–H groups in total. The van der Waals surface area contributed by atoms with Gasteiger partial charge in [-0.3, -0.25) is 9.59 Å². The maximum atomic E-state index is 12.7. The zero-order valence-corrected chi connectivity index (χ0v) is 14.6. The van der Waals surface area contributed by atoms with Gasteiger partial charge in [0.15, 0.2) is 16.1 Å². The van der Waals surface area contributed by atoms with Crippen LogP contribution in [0.2, 0.25) is 0 Å². The minimum Gasteiger partial charge on any atom is -0.439 e. The predicted molar refractivity (Wildman–Crippen MR) is 98.4 cm³/mol. The van der Waals surface area contributed by atoms with E-state index in [1.807, 2.05) is 18.2 Å². The molecule has 1 aromatic heterocycles. The molecule has 0 bridgehead atoms. The molecule has 122 valence electrons. The van der Waals surface area contributed by atoms with Gasteiger partial charge in [0.25, 0.3) is 0 Å². The van der Waals surface area contributed by atoms with Crippen molar-refractivity contribution >= 4 is 46.6 Å². The van der Waals surface area contributed by atoms with Crippen molar-refractivity contribution in [2.24, 2.45) is 5.92 Å². The lowest BCUT2D eigenvalue weighted by Crippen LogP contribution is -2.43. The third-order valence-corrected chi connectivity index (χ3v) is 4.96. The first-order chi connectivity index (χ1) is 11.5. The lowest BCUT2D eigenvalue weighted by Gasteiger charge is -2.32. The Kier molecular flexibility index (Phi) is 4.51. The molecular formula is C18H15NO3S2. The molecule has 0 amide bonds. The topological polar surface area (TPSA) is 60.2 Å². The van der Waals surface area contributed by atoms with E-state index in [-0.39, 0.29) is 5.89 Å². The van der Waals surface area contributed by atoms with Crippen LogP contribution in [0.3, 0.4) is 0 Å². The van der Waals surface area contributed by atoms with Crippen molar-refractivity contribution in [3.8, 4) is 0 Å². The Morgan fingerprint density at radius 2 is 1.67 bits per heavy atom. The summed E-state index contributed by atoms with van der Waals surface area (Å²) < 4.78 is 5.85. The fourth-order valence-corrected chi connectivity index (χ4v) is 3.50. The van der Waals surface area contributed by atoms with Crippen LogP contribution in [0.4, 0.5) is 0 Å². The molecule has 0 radical (unpaired) electrons. The minimum absolute atomic E-state index is 0.143. The molecule has 0 fully saturated rings. The molecule has 2 aromatic carbocycles. The van der Waals surface area contributed by atoms with E-state index in [0.29, 0.717) is 16.7 Å². The van der Waals surface area contributed by atoms with Crippen molar-refractivity contribution in [3.63, 3.8) is 0 Å². The van der Waals surface area contributed by atoms with Crippen molar-refractivity contribution in [2.75, 3.05) is 0 Å². The summed E-state index contributed by atoms with van der Waals surface area (Å²) in [7, 11) is 0. The monoisotopic (exact) mass is 357 g/mol. The van der Waals surface area contributed by atoms with Crippen LogP contribution in [0.15, 0.2) is 59.0 Å². The highest BCUT2D eigenvalue weighted by Gasteiger charge is 2.51. The molecule has 1 heterocycles. The summed E-state index contributed by atoms with van der Waals surface area (Å²) in [4.78, 5) is 29.2. The van der Waals surface area contributed by atoms with E-state index in [9.17, 15) is 9.59 Å². The zero-order chi connectivity index (χ0) is 17.3. The minimum atomic E-state index is -1.44. The van der Waals surface area contributed by atoms with Gasteiger partial charge in [0.2, 0.25) is 11.0 Å². The number of aromatic nitrogens is 1. The number of thiol groups is 2. The summed E-state index contributed by atoms with van der Waals surface area (Å²) in [6.45, 7) is 1.63. The SMILES string of the molecule is CC(C(=O)S)C(C(=O)S)(c1ccccc1)c1nc2ccccc2o1. The number of rotatable bonds is 5. The summed E-state index contributed by atoms with van der Waals surface area (Å²) >= 11 is 8.04. The fourth-order valence-electron chi connectivity index (χ4n) is 2.89. The summed E-state index contributed by atoms with van der Waals surface area (Å²) in [5.41, 5.74) is 0.302. The third-order valence-electron chi connectivity index (χ3n) is 4.22. The number of hydrogen-bond donors (Lipinski definition) is 2. The van der Waals surface area contributed by atoms with E-state index in [1.165, 1.54) is 0 Å². The van der Waals surface area contributed by atoms with Crippen LogP contribution in [-0.2, 0) is 15.0 Å². The Bertz CT molecular complexity index is 874. The van der Waals surface area contributed by atoms with E-state index in [0.717, 1.165) is 0 Å². The van der Waals surface area contributed by atoms with Crippen LogP contribution < -0.4 is 0 Å². The maximum absolute atomic E-state index is 12.7. The normalized spacial score (nSPS) is 15.0. The summed E-state index contributed by atoms with van der Waals surface area (Å²) in [6.07, 6.45) is 0. The molecule has 24 heavy (non-hydrogen) atoms. The Morgan fingerprint density at radius 3 is 2.25 bits per heavy atom.